The minimum Gasteiger partial charge on any atom is -0.433 e. The zero-order chi connectivity index (χ0) is 25.9. The van der Waals surface area contributed by atoms with Crippen LogP contribution in [0.4, 0.5) is 0 Å². The molecule has 36 heavy (non-hydrogen) atoms. The van der Waals surface area contributed by atoms with Gasteiger partial charge in [-0.25, -0.2) is 0 Å². The van der Waals surface area contributed by atoms with Gasteiger partial charge in [0.25, 0.3) is 0 Å². The Morgan fingerprint density at radius 3 is 2.50 bits per heavy atom. The first-order chi connectivity index (χ1) is 17.0. The molecule has 10 atom stereocenters. The summed E-state index contributed by atoms with van der Waals surface area (Å²) in [5, 5.41) is 24.2. The molecule has 2 N–H and O–H groups in total. The van der Waals surface area contributed by atoms with E-state index in [1.165, 1.54) is 14.0 Å². The second-order valence-corrected chi connectivity index (χ2v) is 12.5. The second kappa shape index (κ2) is 9.31. The van der Waals surface area contributed by atoms with Gasteiger partial charge in [-0.05, 0) is 61.7 Å². The third-order valence-electron chi connectivity index (χ3n) is 10.9. The van der Waals surface area contributed by atoms with Gasteiger partial charge in [0.1, 0.15) is 6.79 Å². The maximum Gasteiger partial charge on any atom is 0.305 e. The number of ether oxygens (including phenoxy) is 5. The number of methoxy groups -OCH3 is 1. The summed E-state index contributed by atoms with van der Waals surface area (Å²) < 4.78 is 28.3. The fourth-order valence-electron chi connectivity index (χ4n) is 9.19. The first kappa shape index (κ1) is 26.6. The minimum absolute atomic E-state index is 0.0358. The van der Waals surface area contributed by atoms with Gasteiger partial charge in [-0.3, -0.25) is 4.79 Å². The predicted octanol–water partition coefficient (Wildman–Crippen LogP) is 3.40. The monoisotopic (exact) mass is 508 g/mol. The molecule has 0 radical (unpaired) electrons. The predicted molar refractivity (Wildman–Crippen MR) is 130 cm³/mol. The zero-order valence-corrected chi connectivity index (χ0v) is 22.4. The molecule has 0 aromatic rings. The molecular formula is C28H44O8. The van der Waals surface area contributed by atoms with Crippen molar-refractivity contribution >= 4 is 5.97 Å². The van der Waals surface area contributed by atoms with Crippen LogP contribution in [-0.4, -0.2) is 67.1 Å². The Labute approximate surface area is 214 Å². The van der Waals surface area contributed by atoms with Crippen molar-refractivity contribution in [3.63, 3.8) is 0 Å². The van der Waals surface area contributed by atoms with Crippen LogP contribution in [0.2, 0.25) is 0 Å². The van der Waals surface area contributed by atoms with E-state index < -0.39 is 28.9 Å². The highest BCUT2D eigenvalue weighted by Gasteiger charge is 2.72. The van der Waals surface area contributed by atoms with Crippen molar-refractivity contribution in [2.45, 2.75) is 90.0 Å². The normalized spacial score (nSPS) is 49.2. The van der Waals surface area contributed by atoms with Gasteiger partial charge in [0.15, 0.2) is 6.29 Å². The van der Waals surface area contributed by atoms with Gasteiger partial charge in [-0.2, -0.15) is 0 Å². The van der Waals surface area contributed by atoms with Gasteiger partial charge in [-0.1, -0.05) is 26.0 Å². The number of rotatable bonds is 6. The van der Waals surface area contributed by atoms with Crippen molar-refractivity contribution in [2.24, 2.45) is 40.4 Å². The standard InChI is InChI=1S/C28H44O8/c1-17(24-33-12-13-34-24)21-6-7-22-20-8-11-27(30)14-19(35-16-32-5)15-28(31,36-18(2)29)26(27,4)23(20)9-10-25(21,22)3/h8,11,17,19-24,30-31H,6-7,9-10,12-16H2,1-5H3/t17?,19-,20+,21-,22+,23+,25-,26-,27-,28-/m1/s1. The molecule has 3 saturated carbocycles. The van der Waals surface area contributed by atoms with Crippen molar-refractivity contribution in [1.29, 1.82) is 0 Å². The summed E-state index contributed by atoms with van der Waals surface area (Å²) in [6.45, 7) is 9.27. The van der Waals surface area contributed by atoms with E-state index in [4.69, 9.17) is 23.7 Å². The van der Waals surface area contributed by atoms with Gasteiger partial charge in [0, 0.05) is 32.8 Å². The Kier molecular flexibility index (Phi) is 6.87. The average molecular weight is 509 g/mol. The quantitative estimate of drug-likeness (QED) is 0.320. The summed E-state index contributed by atoms with van der Waals surface area (Å²) in [6, 6.07) is 0. The fourth-order valence-corrected chi connectivity index (χ4v) is 9.19. The fraction of sp³-hybridized carbons (Fsp3) is 0.893. The molecule has 4 aliphatic carbocycles. The first-order valence-electron chi connectivity index (χ1n) is 13.7. The van der Waals surface area contributed by atoms with Crippen LogP contribution in [0.1, 0.15) is 66.2 Å². The van der Waals surface area contributed by atoms with Crippen LogP contribution in [0.15, 0.2) is 12.2 Å². The molecule has 5 aliphatic rings. The van der Waals surface area contributed by atoms with E-state index in [9.17, 15) is 15.0 Å². The van der Waals surface area contributed by atoms with E-state index in [0.29, 0.717) is 37.4 Å². The summed E-state index contributed by atoms with van der Waals surface area (Å²) in [6.07, 6.45) is 7.86. The molecule has 0 aromatic heterocycles. The van der Waals surface area contributed by atoms with E-state index in [1.807, 2.05) is 13.0 Å². The maximum atomic E-state index is 12.2. The average Bonchev–Trinajstić information content (AvgIpc) is 3.46. The van der Waals surface area contributed by atoms with Gasteiger partial charge < -0.3 is 33.9 Å². The molecule has 5 rings (SSSR count). The van der Waals surface area contributed by atoms with Gasteiger partial charge >= 0.3 is 5.97 Å². The topological polar surface area (TPSA) is 104 Å². The molecule has 1 unspecified atom stereocenters. The summed E-state index contributed by atoms with van der Waals surface area (Å²) in [5.74, 6) is -1.08. The maximum absolute atomic E-state index is 12.2. The highest BCUT2D eigenvalue weighted by molar-refractivity contribution is 5.66. The lowest BCUT2D eigenvalue weighted by Crippen LogP contribution is -2.72. The third kappa shape index (κ3) is 3.82. The number of carbonyl (C=O) groups is 1. The number of fused-ring (bicyclic) bond motifs is 5. The van der Waals surface area contributed by atoms with Crippen LogP contribution in [-0.2, 0) is 28.5 Å². The van der Waals surface area contributed by atoms with E-state index in [1.54, 1.807) is 0 Å². The largest absolute Gasteiger partial charge is 0.433 e. The van der Waals surface area contributed by atoms with E-state index in [-0.39, 0.29) is 36.8 Å². The van der Waals surface area contributed by atoms with Crippen molar-refractivity contribution in [2.75, 3.05) is 27.1 Å². The van der Waals surface area contributed by atoms with E-state index >= 15 is 0 Å². The van der Waals surface area contributed by atoms with Crippen molar-refractivity contribution in [3.05, 3.63) is 12.2 Å². The lowest BCUT2D eigenvalue weighted by molar-refractivity contribution is -0.351. The van der Waals surface area contributed by atoms with Crippen molar-refractivity contribution in [1.82, 2.24) is 0 Å². The minimum atomic E-state index is -1.86. The van der Waals surface area contributed by atoms with Gasteiger partial charge in [0.2, 0.25) is 5.79 Å². The number of hydrogen-bond donors (Lipinski definition) is 2. The molecule has 4 fully saturated rings. The molecule has 8 heteroatoms. The first-order valence-corrected chi connectivity index (χ1v) is 13.7. The Hall–Kier alpha value is -1.03. The molecular weight excluding hydrogens is 464 g/mol. The molecule has 8 nitrogen and oxygen atoms in total. The van der Waals surface area contributed by atoms with E-state index in [2.05, 4.69) is 19.9 Å². The number of aliphatic hydroxyl groups is 2. The molecule has 1 aliphatic heterocycles. The Bertz CT molecular complexity index is 872. The third-order valence-corrected chi connectivity index (χ3v) is 10.9. The van der Waals surface area contributed by atoms with Crippen LogP contribution in [0.3, 0.4) is 0 Å². The Morgan fingerprint density at radius 2 is 1.83 bits per heavy atom. The smallest absolute Gasteiger partial charge is 0.305 e. The van der Waals surface area contributed by atoms with Crippen LogP contribution >= 0.6 is 0 Å². The second-order valence-electron chi connectivity index (χ2n) is 12.5. The highest BCUT2D eigenvalue weighted by atomic mass is 16.7. The molecule has 0 aromatic carbocycles. The Balaban J connectivity index is 1.48. The molecule has 0 spiro atoms. The lowest BCUT2D eigenvalue weighted by Gasteiger charge is -2.65. The van der Waals surface area contributed by atoms with Crippen LogP contribution in [0.5, 0.6) is 0 Å². The Morgan fingerprint density at radius 1 is 1.11 bits per heavy atom. The number of hydrogen-bond acceptors (Lipinski definition) is 8. The number of allylic oxidation sites excluding steroid dienone is 1. The number of carbonyl (C=O) groups excluding carboxylic acids is 1. The zero-order valence-electron chi connectivity index (χ0n) is 22.4. The van der Waals surface area contributed by atoms with Crippen molar-refractivity contribution in [3.8, 4) is 0 Å². The van der Waals surface area contributed by atoms with Crippen LogP contribution in [0, 0.1) is 40.4 Å². The summed E-state index contributed by atoms with van der Waals surface area (Å²) in [4.78, 5) is 12.2. The molecule has 204 valence electrons. The molecule has 1 saturated heterocycles. The summed E-state index contributed by atoms with van der Waals surface area (Å²) in [5.41, 5.74) is -2.33. The molecule has 0 amide bonds. The van der Waals surface area contributed by atoms with Crippen molar-refractivity contribution < 1.29 is 38.7 Å². The summed E-state index contributed by atoms with van der Waals surface area (Å²) >= 11 is 0. The van der Waals surface area contributed by atoms with Gasteiger partial charge in [-0.15, -0.1) is 0 Å². The molecule has 0 bridgehead atoms. The number of esters is 1. The SMILES string of the molecule is COCO[C@@H]1C[C@]2(O)C=C[C@H]3[C@@H]4CC[C@H](C(C)C5OCCO5)[C@@]4(C)CC[C@@H]3[C@@]2(C)[C@](O)(OC(C)=O)C1. The highest BCUT2D eigenvalue weighted by Crippen LogP contribution is 2.69. The summed E-state index contributed by atoms with van der Waals surface area (Å²) in [7, 11) is 1.53. The lowest BCUT2D eigenvalue weighted by atomic mass is 9.43. The van der Waals surface area contributed by atoms with Crippen LogP contribution in [0.25, 0.3) is 0 Å². The van der Waals surface area contributed by atoms with Crippen LogP contribution < -0.4 is 0 Å². The molecule has 1 heterocycles. The van der Waals surface area contributed by atoms with E-state index in [0.717, 1.165) is 25.7 Å². The van der Waals surface area contributed by atoms with Gasteiger partial charge in [0.05, 0.1) is 30.3 Å².